The first-order valence-electron chi connectivity index (χ1n) is 4.35. The summed E-state index contributed by atoms with van der Waals surface area (Å²) in [6.45, 7) is 3.23. The molecule has 0 amide bonds. The van der Waals surface area contributed by atoms with Crippen molar-refractivity contribution in [3.05, 3.63) is 19.8 Å². The summed E-state index contributed by atoms with van der Waals surface area (Å²) >= 11 is 16.7. The van der Waals surface area contributed by atoms with Crippen molar-refractivity contribution in [2.75, 3.05) is 6.26 Å². The zero-order chi connectivity index (χ0) is 12.7. The Morgan fingerprint density at radius 3 is 2.31 bits per heavy atom. The van der Waals surface area contributed by atoms with Gasteiger partial charge in [-0.2, -0.15) is 0 Å². The van der Waals surface area contributed by atoms with Crippen LogP contribution in [-0.4, -0.2) is 19.4 Å². The number of rotatable bonds is 3. The second-order valence-electron chi connectivity index (χ2n) is 4.01. The molecule has 0 aliphatic heterocycles. The molecule has 0 aliphatic carbocycles. The quantitative estimate of drug-likeness (QED) is 0.749. The number of thiophene rings is 1. The molecule has 0 fully saturated rings. The fourth-order valence-electron chi connectivity index (χ4n) is 1.02. The number of alkyl halides is 1. The van der Waals surface area contributed by atoms with Gasteiger partial charge in [-0.3, -0.25) is 0 Å². The van der Waals surface area contributed by atoms with Crippen LogP contribution in [0.4, 0.5) is 0 Å². The Morgan fingerprint density at radius 1 is 1.50 bits per heavy atom. The van der Waals surface area contributed by atoms with Crippen LogP contribution >= 0.6 is 50.5 Å². The maximum absolute atomic E-state index is 11.6. The molecule has 1 rings (SSSR count). The summed E-state index contributed by atoms with van der Waals surface area (Å²) in [5.74, 6) is 0. The van der Waals surface area contributed by atoms with Gasteiger partial charge in [0.05, 0.1) is 18.9 Å². The summed E-state index contributed by atoms with van der Waals surface area (Å²) in [6, 6.07) is 1.70. The minimum absolute atomic E-state index is 0.551. The van der Waals surface area contributed by atoms with Gasteiger partial charge in [-0.15, -0.1) is 22.9 Å². The van der Waals surface area contributed by atoms with Crippen LogP contribution in [0.1, 0.15) is 24.1 Å². The highest BCUT2D eigenvalue weighted by Gasteiger charge is 2.39. The third kappa shape index (κ3) is 2.75. The Hall–Kier alpha value is 0.710. The summed E-state index contributed by atoms with van der Waals surface area (Å²) in [5, 5.41) is -0.0637. The van der Waals surface area contributed by atoms with E-state index in [9.17, 15) is 8.42 Å². The molecule has 0 aliphatic rings. The lowest BCUT2D eigenvalue weighted by Gasteiger charge is -2.27. The molecule has 0 saturated heterocycles. The Balaban J connectivity index is 3.17. The van der Waals surface area contributed by atoms with E-state index < -0.39 is 20.0 Å². The molecule has 1 unspecified atom stereocenters. The van der Waals surface area contributed by atoms with Crippen molar-refractivity contribution >= 4 is 60.3 Å². The predicted octanol–water partition coefficient (Wildman–Crippen LogP) is 4.27. The minimum Gasteiger partial charge on any atom is -0.229 e. The molecule has 1 aromatic heterocycles. The summed E-state index contributed by atoms with van der Waals surface area (Å²) in [5.41, 5.74) is 0. The zero-order valence-corrected chi connectivity index (χ0v) is 13.7. The third-order valence-electron chi connectivity index (χ3n) is 2.48. The topological polar surface area (TPSA) is 34.1 Å². The van der Waals surface area contributed by atoms with Gasteiger partial charge in [0.25, 0.3) is 0 Å². The first-order valence-corrected chi connectivity index (χ1v) is 8.67. The summed E-state index contributed by atoms with van der Waals surface area (Å²) in [7, 11) is -3.24. The van der Waals surface area contributed by atoms with E-state index in [1.165, 1.54) is 17.6 Å². The fourth-order valence-corrected chi connectivity index (χ4v) is 4.19. The summed E-state index contributed by atoms with van der Waals surface area (Å²) in [4.78, 5) is 0.744. The maximum Gasteiger partial charge on any atom is 0.154 e. The van der Waals surface area contributed by atoms with Gasteiger partial charge in [-0.1, -0.05) is 11.6 Å². The molecule has 1 aromatic rings. The highest BCUT2D eigenvalue weighted by atomic mass is 79.9. The maximum atomic E-state index is 11.6. The molecule has 1 atom stereocenters. The van der Waals surface area contributed by atoms with Gasteiger partial charge in [0.15, 0.2) is 9.84 Å². The Labute approximate surface area is 118 Å². The summed E-state index contributed by atoms with van der Waals surface area (Å²) in [6.07, 6.45) is 1.19. The van der Waals surface area contributed by atoms with E-state index in [0.717, 1.165) is 8.66 Å². The molecule has 0 N–H and O–H groups in total. The largest absolute Gasteiger partial charge is 0.229 e. The standard InChI is InChI=1S/C9H11BrCl2O2S2/c1-9(2,16(3,13)14)7(12)6-4-5(11)8(10)15-6/h4,7H,1-3H3. The molecule has 0 radical (unpaired) electrons. The average Bonchev–Trinajstić information content (AvgIpc) is 2.43. The van der Waals surface area contributed by atoms with E-state index in [2.05, 4.69) is 15.9 Å². The molecule has 0 bridgehead atoms. The van der Waals surface area contributed by atoms with Crippen LogP contribution in [-0.2, 0) is 9.84 Å². The van der Waals surface area contributed by atoms with Crippen molar-refractivity contribution in [3.63, 3.8) is 0 Å². The lowest BCUT2D eigenvalue weighted by Crippen LogP contribution is -2.35. The third-order valence-corrected chi connectivity index (χ3v) is 8.21. The van der Waals surface area contributed by atoms with Crippen molar-refractivity contribution in [1.82, 2.24) is 0 Å². The van der Waals surface area contributed by atoms with E-state index in [-0.39, 0.29) is 0 Å². The molecule has 7 heteroatoms. The molecule has 2 nitrogen and oxygen atoms in total. The van der Waals surface area contributed by atoms with Crippen LogP contribution in [0.2, 0.25) is 5.02 Å². The minimum atomic E-state index is -3.24. The average molecular weight is 366 g/mol. The zero-order valence-electron chi connectivity index (χ0n) is 8.92. The highest BCUT2D eigenvalue weighted by Crippen LogP contribution is 2.44. The van der Waals surface area contributed by atoms with E-state index in [0.29, 0.717) is 5.02 Å². The van der Waals surface area contributed by atoms with E-state index in [1.807, 2.05) is 0 Å². The first kappa shape index (κ1) is 14.8. The second kappa shape index (κ2) is 4.76. The van der Waals surface area contributed by atoms with Gasteiger partial charge in [0, 0.05) is 11.1 Å². The Morgan fingerprint density at radius 2 is 2.00 bits per heavy atom. The van der Waals surface area contributed by atoms with Crippen molar-refractivity contribution in [2.45, 2.75) is 24.0 Å². The van der Waals surface area contributed by atoms with Gasteiger partial charge in [0.2, 0.25) is 0 Å². The first-order chi connectivity index (χ1) is 7.07. The molecule has 0 spiro atoms. The molecule has 0 aromatic carbocycles. The Bertz CT molecular complexity index is 474. The van der Waals surface area contributed by atoms with Crippen LogP contribution in [0.3, 0.4) is 0 Å². The molecule has 16 heavy (non-hydrogen) atoms. The predicted molar refractivity (Wildman–Crippen MR) is 74.5 cm³/mol. The van der Waals surface area contributed by atoms with Crippen molar-refractivity contribution in [2.24, 2.45) is 0 Å². The van der Waals surface area contributed by atoms with E-state index in [4.69, 9.17) is 23.2 Å². The second-order valence-corrected chi connectivity index (χ2v) is 9.85. The van der Waals surface area contributed by atoms with Crippen molar-refractivity contribution in [1.29, 1.82) is 0 Å². The number of halogens is 3. The number of hydrogen-bond acceptors (Lipinski definition) is 3. The smallest absolute Gasteiger partial charge is 0.154 e. The number of hydrogen-bond donors (Lipinski definition) is 0. The van der Waals surface area contributed by atoms with E-state index in [1.54, 1.807) is 19.9 Å². The molecule has 1 heterocycles. The fraction of sp³-hybridized carbons (Fsp3) is 0.556. The lowest BCUT2D eigenvalue weighted by atomic mass is 10.1. The number of sulfone groups is 1. The van der Waals surface area contributed by atoms with Crippen LogP contribution in [0.25, 0.3) is 0 Å². The van der Waals surface area contributed by atoms with Crippen molar-refractivity contribution in [3.8, 4) is 0 Å². The van der Waals surface area contributed by atoms with Gasteiger partial charge < -0.3 is 0 Å². The van der Waals surface area contributed by atoms with Gasteiger partial charge in [-0.25, -0.2) is 8.42 Å². The molecular weight excluding hydrogens is 355 g/mol. The molecule has 0 saturated carbocycles. The van der Waals surface area contributed by atoms with Crippen LogP contribution in [0.15, 0.2) is 9.85 Å². The van der Waals surface area contributed by atoms with Gasteiger partial charge in [-0.05, 0) is 35.8 Å². The van der Waals surface area contributed by atoms with Crippen LogP contribution < -0.4 is 0 Å². The van der Waals surface area contributed by atoms with E-state index >= 15 is 0 Å². The summed E-state index contributed by atoms with van der Waals surface area (Å²) < 4.78 is 23.0. The lowest BCUT2D eigenvalue weighted by molar-refractivity contribution is 0.545. The van der Waals surface area contributed by atoms with Gasteiger partial charge in [0.1, 0.15) is 0 Å². The molecule has 92 valence electrons. The van der Waals surface area contributed by atoms with Crippen molar-refractivity contribution < 1.29 is 8.42 Å². The monoisotopic (exact) mass is 364 g/mol. The van der Waals surface area contributed by atoms with Crippen LogP contribution in [0.5, 0.6) is 0 Å². The molecular formula is C9H11BrCl2O2S2. The highest BCUT2D eigenvalue weighted by molar-refractivity contribution is 9.11. The SMILES string of the molecule is CC(C)(C(Cl)c1cc(Cl)c(Br)s1)S(C)(=O)=O. The normalized spacial score (nSPS) is 15.1. The van der Waals surface area contributed by atoms with Gasteiger partial charge >= 0.3 is 0 Å². The van der Waals surface area contributed by atoms with Crippen LogP contribution in [0, 0.1) is 0 Å². The Kier molecular flexibility index (Phi) is 4.40.